The monoisotopic (exact) mass is 257 g/mol. The molecule has 0 aliphatic heterocycles. The fourth-order valence-electron chi connectivity index (χ4n) is 1.89. The van der Waals surface area contributed by atoms with E-state index >= 15 is 0 Å². The minimum atomic E-state index is -0.444. The number of benzene rings is 1. The molecule has 0 atom stereocenters. The number of amides is 1. The van der Waals surface area contributed by atoms with E-state index in [1.807, 2.05) is 25.1 Å². The lowest BCUT2D eigenvalue weighted by molar-refractivity contribution is 0.102. The average Bonchev–Trinajstić information content (AvgIpc) is 2.30. The Morgan fingerprint density at radius 1 is 1.21 bits per heavy atom. The van der Waals surface area contributed by atoms with Crippen molar-refractivity contribution < 1.29 is 4.79 Å². The smallest absolute Gasteiger partial charge is 0.264 e. The van der Waals surface area contributed by atoms with Crippen LogP contribution in [0.25, 0.3) is 0 Å². The van der Waals surface area contributed by atoms with Crippen molar-refractivity contribution in [2.24, 2.45) is 0 Å². The van der Waals surface area contributed by atoms with Crippen molar-refractivity contribution in [3.05, 3.63) is 57.3 Å². The molecule has 0 spiro atoms. The molecule has 2 aromatic rings. The Morgan fingerprint density at radius 2 is 1.89 bits per heavy atom. The molecule has 1 heterocycles. The van der Waals surface area contributed by atoms with Crippen LogP contribution in [0.3, 0.4) is 0 Å². The van der Waals surface area contributed by atoms with Crippen LogP contribution in [0, 0.1) is 20.8 Å². The largest absolute Gasteiger partial charge is 0.322 e. The second kappa shape index (κ2) is 5.06. The average molecular weight is 257 g/mol. The number of anilines is 1. The first-order valence-corrected chi connectivity index (χ1v) is 5.93. The highest BCUT2D eigenvalue weighted by Crippen LogP contribution is 2.14. The van der Waals surface area contributed by atoms with Gasteiger partial charge in [-0.25, -0.2) is 4.98 Å². The summed E-state index contributed by atoms with van der Waals surface area (Å²) in [6, 6.07) is 7.39. The second-order valence-electron chi connectivity index (χ2n) is 4.38. The maximum absolute atomic E-state index is 12.1. The highest BCUT2D eigenvalue weighted by atomic mass is 16.2. The molecule has 0 fully saturated rings. The molecule has 0 aliphatic rings. The van der Waals surface area contributed by atoms with Crippen molar-refractivity contribution in [3.8, 4) is 0 Å². The van der Waals surface area contributed by atoms with E-state index in [0.717, 1.165) is 5.56 Å². The molecule has 1 amide bonds. The number of H-pyrrole nitrogens is 1. The normalized spacial score (nSPS) is 10.3. The number of nitrogens with zero attached hydrogens (tertiary/aromatic N) is 1. The second-order valence-corrected chi connectivity index (χ2v) is 4.38. The molecule has 2 N–H and O–H groups in total. The van der Waals surface area contributed by atoms with Crippen LogP contribution in [-0.4, -0.2) is 15.9 Å². The van der Waals surface area contributed by atoms with Crippen LogP contribution in [0.2, 0.25) is 0 Å². The third kappa shape index (κ3) is 2.70. The highest BCUT2D eigenvalue weighted by molar-refractivity contribution is 6.05. The Hall–Kier alpha value is -2.43. The summed E-state index contributed by atoms with van der Waals surface area (Å²) in [4.78, 5) is 30.6. The van der Waals surface area contributed by atoms with Gasteiger partial charge in [0.05, 0.1) is 5.69 Å². The fourth-order valence-corrected chi connectivity index (χ4v) is 1.89. The zero-order valence-corrected chi connectivity index (χ0v) is 11.1. The van der Waals surface area contributed by atoms with Gasteiger partial charge in [0.1, 0.15) is 11.4 Å². The summed E-state index contributed by atoms with van der Waals surface area (Å²) in [7, 11) is 0. The minimum Gasteiger partial charge on any atom is -0.322 e. The van der Waals surface area contributed by atoms with E-state index in [9.17, 15) is 9.59 Å². The van der Waals surface area contributed by atoms with E-state index in [-0.39, 0.29) is 5.56 Å². The van der Waals surface area contributed by atoms with Gasteiger partial charge in [0.15, 0.2) is 0 Å². The third-order valence-electron chi connectivity index (χ3n) is 2.84. The van der Waals surface area contributed by atoms with Crippen LogP contribution in [-0.2, 0) is 0 Å². The first kappa shape index (κ1) is 13.0. The molecule has 0 saturated carbocycles. The number of rotatable bonds is 2. The van der Waals surface area contributed by atoms with Crippen LogP contribution >= 0.6 is 0 Å². The number of hydrogen-bond acceptors (Lipinski definition) is 3. The maximum atomic E-state index is 12.1. The van der Waals surface area contributed by atoms with E-state index in [2.05, 4.69) is 15.3 Å². The van der Waals surface area contributed by atoms with Gasteiger partial charge < -0.3 is 10.3 Å². The molecular formula is C14H15N3O2. The predicted molar refractivity (Wildman–Crippen MR) is 73.5 cm³/mol. The third-order valence-corrected chi connectivity index (χ3v) is 2.84. The predicted octanol–water partition coefficient (Wildman–Crippen LogP) is 1.95. The standard InChI is InChI=1S/C14H15N3O2/c1-8-6-4-5-7-11(8)17-14(19)12-9(2)15-10(3)16-13(12)18/h4-7H,1-3H3,(H,17,19)(H,15,16,18). The highest BCUT2D eigenvalue weighted by Gasteiger charge is 2.16. The van der Waals surface area contributed by atoms with Gasteiger partial charge in [0, 0.05) is 5.69 Å². The van der Waals surface area contributed by atoms with Gasteiger partial charge >= 0.3 is 0 Å². The molecule has 5 heteroatoms. The molecule has 1 aromatic carbocycles. The van der Waals surface area contributed by atoms with Crippen molar-refractivity contribution in [3.63, 3.8) is 0 Å². The zero-order valence-electron chi connectivity index (χ0n) is 11.1. The lowest BCUT2D eigenvalue weighted by Crippen LogP contribution is -2.26. The maximum Gasteiger partial charge on any atom is 0.264 e. The number of carbonyl (C=O) groups excluding carboxylic acids is 1. The number of hydrogen-bond donors (Lipinski definition) is 2. The number of nitrogens with one attached hydrogen (secondary N) is 2. The molecule has 2 rings (SSSR count). The van der Waals surface area contributed by atoms with Crippen LogP contribution in [0.4, 0.5) is 5.69 Å². The summed E-state index contributed by atoms with van der Waals surface area (Å²) in [6.45, 7) is 5.21. The van der Waals surface area contributed by atoms with Gasteiger partial charge in [0.25, 0.3) is 11.5 Å². The van der Waals surface area contributed by atoms with Crippen molar-refractivity contribution >= 4 is 11.6 Å². The molecule has 0 unspecified atom stereocenters. The zero-order chi connectivity index (χ0) is 14.0. The first-order chi connectivity index (χ1) is 8.99. The van der Waals surface area contributed by atoms with E-state index in [1.165, 1.54) is 0 Å². The van der Waals surface area contributed by atoms with E-state index in [4.69, 9.17) is 0 Å². The summed E-state index contributed by atoms with van der Waals surface area (Å²) in [5.41, 5.74) is 1.68. The summed E-state index contributed by atoms with van der Waals surface area (Å²) in [5.74, 6) is 0.0514. The minimum absolute atomic E-state index is 0.0499. The van der Waals surface area contributed by atoms with Crippen LogP contribution in [0.5, 0.6) is 0 Å². The van der Waals surface area contributed by atoms with Gasteiger partial charge in [-0.2, -0.15) is 0 Å². The molecule has 0 bridgehead atoms. The number of aryl methyl sites for hydroxylation is 3. The fraction of sp³-hybridized carbons (Fsp3) is 0.214. The summed E-state index contributed by atoms with van der Waals surface area (Å²) in [5, 5.41) is 2.73. The van der Waals surface area contributed by atoms with Crippen LogP contribution in [0.15, 0.2) is 29.1 Å². The van der Waals surface area contributed by atoms with Crippen LogP contribution in [0.1, 0.15) is 27.4 Å². The number of carbonyl (C=O) groups is 1. The number of para-hydroxylation sites is 1. The Balaban J connectivity index is 2.37. The Bertz CT molecular complexity index is 689. The first-order valence-electron chi connectivity index (χ1n) is 5.93. The Kier molecular flexibility index (Phi) is 3.46. The molecule has 0 aliphatic carbocycles. The van der Waals surface area contributed by atoms with Gasteiger partial charge in [-0.1, -0.05) is 18.2 Å². The topological polar surface area (TPSA) is 74.8 Å². The summed E-state index contributed by atoms with van der Waals surface area (Å²) < 4.78 is 0. The van der Waals surface area contributed by atoms with E-state index in [0.29, 0.717) is 17.2 Å². The van der Waals surface area contributed by atoms with Gasteiger partial charge in [-0.15, -0.1) is 0 Å². The quantitative estimate of drug-likeness (QED) is 0.863. The summed E-state index contributed by atoms with van der Waals surface area (Å²) in [6.07, 6.45) is 0. The Morgan fingerprint density at radius 3 is 2.53 bits per heavy atom. The Labute approximate surface area is 110 Å². The molecule has 0 radical (unpaired) electrons. The van der Waals surface area contributed by atoms with Crippen LogP contribution < -0.4 is 10.9 Å². The lowest BCUT2D eigenvalue weighted by Gasteiger charge is -2.09. The van der Waals surface area contributed by atoms with E-state index in [1.54, 1.807) is 19.9 Å². The SMILES string of the molecule is Cc1nc(C)c(C(=O)Nc2ccccc2C)c(=O)[nH]1. The molecule has 0 saturated heterocycles. The molecular weight excluding hydrogens is 242 g/mol. The van der Waals surface area contributed by atoms with Crippen molar-refractivity contribution in [2.75, 3.05) is 5.32 Å². The van der Waals surface area contributed by atoms with Gasteiger partial charge in [0.2, 0.25) is 0 Å². The summed E-state index contributed by atoms with van der Waals surface area (Å²) >= 11 is 0. The van der Waals surface area contributed by atoms with Gasteiger partial charge in [-0.3, -0.25) is 9.59 Å². The molecule has 1 aromatic heterocycles. The molecule has 98 valence electrons. The molecule has 19 heavy (non-hydrogen) atoms. The van der Waals surface area contributed by atoms with Gasteiger partial charge in [-0.05, 0) is 32.4 Å². The number of aromatic nitrogens is 2. The van der Waals surface area contributed by atoms with Crippen molar-refractivity contribution in [1.82, 2.24) is 9.97 Å². The molecule has 5 nitrogen and oxygen atoms in total. The lowest BCUT2D eigenvalue weighted by atomic mass is 10.1. The number of aromatic amines is 1. The van der Waals surface area contributed by atoms with Crippen molar-refractivity contribution in [1.29, 1.82) is 0 Å². The van der Waals surface area contributed by atoms with Crippen molar-refractivity contribution in [2.45, 2.75) is 20.8 Å². The van der Waals surface area contributed by atoms with E-state index < -0.39 is 11.5 Å².